The van der Waals surface area contributed by atoms with E-state index in [1.54, 1.807) is 12.1 Å². The van der Waals surface area contributed by atoms with Crippen molar-refractivity contribution in [3.8, 4) is 6.07 Å². The number of nitrogens with zero attached hydrogens (tertiary/aromatic N) is 1. The van der Waals surface area contributed by atoms with E-state index in [2.05, 4.69) is 16.7 Å². The molecule has 0 fully saturated rings. The number of allylic oxidation sites excluding steroid dienone is 1. The molecule has 1 aliphatic rings. The minimum Gasteiger partial charge on any atom is -0.468 e. The first-order valence-corrected chi connectivity index (χ1v) is 11.9. The molecule has 0 bridgehead atoms. The monoisotopic (exact) mass is 507 g/mol. The van der Waals surface area contributed by atoms with Crippen molar-refractivity contribution >= 4 is 41.2 Å². The number of hydrogen-bond donors (Lipinski definition) is 2. The third kappa shape index (κ3) is 5.75. The van der Waals surface area contributed by atoms with Gasteiger partial charge in [0, 0.05) is 11.6 Å². The standard InChI is InChI=1S/C26H25N3O6S/c1-14-5-10-19(15(2)11-14)28-20(30)13-36-24-18(12-27)21(22(23(31)29-24)26(33)35-4)16-6-8-17(9-7-16)25(32)34-3/h5-11,21-22H,13H2,1-4H3,(H,28,30)(H,29,31)/t21-,22+/m0/s1. The third-order valence-electron chi connectivity index (χ3n) is 5.68. The minimum atomic E-state index is -1.32. The highest BCUT2D eigenvalue weighted by molar-refractivity contribution is 8.03. The Morgan fingerprint density at radius 1 is 1.08 bits per heavy atom. The molecule has 2 aromatic rings. The van der Waals surface area contributed by atoms with Crippen LogP contribution in [0.3, 0.4) is 0 Å². The van der Waals surface area contributed by atoms with Crippen LogP contribution in [0.1, 0.15) is 33.0 Å². The van der Waals surface area contributed by atoms with Gasteiger partial charge in [-0.1, -0.05) is 41.6 Å². The molecule has 0 aromatic heterocycles. The maximum absolute atomic E-state index is 12.9. The lowest BCUT2D eigenvalue weighted by atomic mass is 9.78. The highest BCUT2D eigenvalue weighted by Crippen LogP contribution is 2.40. The predicted molar refractivity (Wildman–Crippen MR) is 134 cm³/mol. The van der Waals surface area contributed by atoms with Crippen molar-refractivity contribution in [3.63, 3.8) is 0 Å². The number of benzene rings is 2. The first-order chi connectivity index (χ1) is 17.2. The summed E-state index contributed by atoms with van der Waals surface area (Å²) in [4.78, 5) is 49.9. The second-order valence-corrected chi connectivity index (χ2v) is 9.08. The molecule has 0 saturated heterocycles. The van der Waals surface area contributed by atoms with Gasteiger partial charge >= 0.3 is 11.9 Å². The van der Waals surface area contributed by atoms with Gasteiger partial charge in [0.25, 0.3) is 0 Å². The summed E-state index contributed by atoms with van der Waals surface area (Å²) in [5.74, 6) is -4.69. The molecule has 186 valence electrons. The number of hydrogen-bond acceptors (Lipinski definition) is 8. The summed E-state index contributed by atoms with van der Waals surface area (Å²) in [6, 6.07) is 13.8. The molecule has 0 spiro atoms. The zero-order chi connectivity index (χ0) is 26.4. The summed E-state index contributed by atoms with van der Waals surface area (Å²) >= 11 is 0.989. The summed E-state index contributed by atoms with van der Waals surface area (Å²) < 4.78 is 9.53. The van der Waals surface area contributed by atoms with Crippen LogP contribution in [-0.4, -0.2) is 43.7 Å². The molecule has 2 aromatic carbocycles. The molecule has 1 heterocycles. The average Bonchev–Trinajstić information content (AvgIpc) is 2.87. The Morgan fingerprint density at radius 3 is 2.36 bits per heavy atom. The fraction of sp³-hybridized carbons (Fsp3) is 0.269. The van der Waals surface area contributed by atoms with Crippen LogP contribution in [0.2, 0.25) is 0 Å². The zero-order valence-electron chi connectivity index (χ0n) is 20.2. The number of anilines is 1. The molecule has 0 aliphatic carbocycles. The first-order valence-electron chi connectivity index (χ1n) is 10.9. The van der Waals surface area contributed by atoms with Crippen LogP contribution >= 0.6 is 11.8 Å². The number of methoxy groups -OCH3 is 2. The quantitative estimate of drug-likeness (QED) is 0.431. The molecule has 36 heavy (non-hydrogen) atoms. The van der Waals surface area contributed by atoms with E-state index in [4.69, 9.17) is 9.47 Å². The second-order valence-electron chi connectivity index (χ2n) is 8.09. The number of nitriles is 1. The van der Waals surface area contributed by atoms with Crippen LogP contribution in [0.4, 0.5) is 5.69 Å². The maximum atomic E-state index is 12.9. The molecule has 10 heteroatoms. The number of esters is 2. The van der Waals surface area contributed by atoms with Crippen molar-refractivity contribution in [2.24, 2.45) is 5.92 Å². The van der Waals surface area contributed by atoms with Gasteiger partial charge in [0.2, 0.25) is 11.8 Å². The first kappa shape index (κ1) is 26.5. The summed E-state index contributed by atoms with van der Waals surface area (Å²) in [7, 11) is 2.41. The average molecular weight is 508 g/mol. The third-order valence-corrected chi connectivity index (χ3v) is 6.70. The molecular weight excluding hydrogens is 482 g/mol. The van der Waals surface area contributed by atoms with E-state index >= 15 is 0 Å². The highest BCUT2D eigenvalue weighted by Gasteiger charge is 2.44. The number of ether oxygens (including phenoxy) is 2. The number of amides is 2. The van der Waals surface area contributed by atoms with Crippen molar-refractivity contribution < 1.29 is 28.7 Å². The summed E-state index contributed by atoms with van der Waals surface area (Å²) in [5, 5.41) is 15.6. The summed E-state index contributed by atoms with van der Waals surface area (Å²) in [5.41, 5.74) is 3.49. The van der Waals surface area contributed by atoms with Crippen molar-refractivity contribution in [1.29, 1.82) is 5.26 Å². The Hall–Kier alpha value is -4.10. The van der Waals surface area contributed by atoms with Crippen LogP contribution in [-0.2, 0) is 23.9 Å². The van der Waals surface area contributed by atoms with Gasteiger partial charge in [-0.05, 0) is 43.2 Å². The zero-order valence-corrected chi connectivity index (χ0v) is 21.0. The van der Waals surface area contributed by atoms with Crippen LogP contribution in [0.5, 0.6) is 0 Å². The van der Waals surface area contributed by atoms with E-state index in [1.807, 2.05) is 32.0 Å². The Bertz CT molecular complexity index is 1280. The van der Waals surface area contributed by atoms with Gasteiger partial charge in [-0.15, -0.1) is 0 Å². The van der Waals surface area contributed by atoms with Crippen LogP contribution in [0.15, 0.2) is 53.1 Å². The lowest BCUT2D eigenvalue weighted by Gasteiger charge is -2.31. The molecule has 0 radical (unpaired) electrons. The molecular formula is C26H25N3O6S. The molecule has 0 saturated carbocycles. The number of aryl methyl sites for hydroxylation is 2. The number of thioether (sulfide) groups is 1. The molecule has 0 unspecified atom stereocenters. The Kier molecular flexibility index (Phi) is 8.51. The Balaban J connectivity index is 1.91. The van der Waals surface area contributed by atoms with E-state index in [9.17, 15) is 24.4 Å². The van der Waals surface area contributed by atoms with Gasteiger partial charge in [0.05, 0.1) is 42.2 Å². The van der Waals surface area contributed by atoms with Gasteiger partial charge < -0.3 is 20.1 Å². The second kappa shape index (κ2) is 11.6. The fourth-order valence-electron chi connectivity index (χ4n) is 3.90. The van der Waals surface area contributed by atoms with Gasteiger partial charge in [-0.2, -0.15) is 5.26 Å². The number of nitrogens with one attached hydrogen (secondary N) is 2. The highest BCUT2D eigenvalue weighted by atomic mass is 32.2. The molecule has 9 nitrogen and oxygen atoms in total. The van der Waals surface area contributed by atoms with Gasteiger partial charge in [-0.25, -0.2) is 4.79 Å². The number of carbonyl (C=O) groups excluding carboxylic acids is 4. The smallest absolute Gasteiger partial charge is 0.337 e. The largest absolute Gasteiger partial charge is 0.468 e. The van der Waals surface area contributed by atoms with Crippen LogP contribution < -0.4 is 10.6 Å². The lowest BCUT2D eigenvalue weighted by Crippen LogP contribution is -2.44. The van der Waals surface area contributed by atoms with Gasteiger partial charge in [0.15, 0.2) is 0 Å². The Morgan fingerprint density at radius 2 is 1.78 bits per heavy atom. The summed E-state index contributed by atoms with van der Waals surface area (Å²) in [6.07, 6.45) is 0. The predicted octanol–water partition coefficient (Wildman–Crippen LogP) is 3.20. The van der Waals surface area contributed by atoms with E-state index in [-0.39, 0.29) is 27.8 Å². The molecule has 1 aliphatic heterocycles. The van der Waals surface area contributed by atoms with Crippen molar-refractivity contribution in [3.05, 3.63) is 75.3 Å². The summed E-state index contributed by atoms with van der Waals surface area (Å²) in [6.45, 7) is 3.84. The van der Waals surface area contributed by atoms with Crippen LogP contribution in [0, 0.1) is 31.1 Å². The van der Waals surface area contributed by atoms with Gasteiger partial charge in [-0.3, -0.25) is 14.4 Å². The molecule has 2 atom stereocenters. The maximum Gasteiger partial charge on any atom is 0.337 e. The van der Waals surface area contributed by atoms with Crippen molar-refractivity contribution in [1.82, 2.24) is 5.32 Å². The fourth-order valence-corrected chi connectivity index (χ4v) is 4.75. The minimum absolute atomic E-state index is 0.0784. The van der Waals surface area contributed by atoms with Gasteiger partial charge in [0.1, 0.15) is 5.92 Å². The molecule has 2 amide bonds. The van der Waals surface area contributed by atoms with E-state index < -0.39 is 29.7 Å². The number of carbonyl (C=O) groups is 4. The van der Waals surface area contributed by atoms with E-state index in [0.29, 0.717) is 11.3 Å². The molecule has 2 N–H and O–H groups in total. The normalized spacial score (nSPS) is 17.0. The number of rotatable bonds is 7. The lowest BCUT2D eigenvalue weighted by molar-refractivity contribution is -0.150. The van der Waals surface area contributed by atoms with Crippen LogP contribution in [0.25, 0.3) is 0 Å². The van der Waals surface area contributed by atoms with E-state index in [0.717, 1.165) is 30.0 Å². The van der Waals surface area contributed by atoms with Crippen molar-refractivity contribution in [2.45, 2.75) is 19.8 Å². The van der Waals surface area contributed by atoms with Crippen molar-refractivity contribution in [2.75, 3.05) is 25.3 Å². The Labute approximate surface area is 212 Å². The topological polar surface area (TPSA) is 135 Å². The molecule has 3 rings (SSSR count). The SMILES string of the molecule is COC(=O)c1ccc([C@H]2C(C#N)=C(SCC(=O)Nc3ccc(C)cc3C)NC(=O)[C@@H]2C(=O)OC)cc1. The van der Waals surface area contributed by atoms with E-state index in [1.165, 1.54) is 19.2 Å².